The van der Waals surface area contributed by atoms with E-state index in [0.29, 0.717) is 42.2 Å². The van der Waals surface area contributed by atoms with Crippen LogP contribution < -0.4 is 10.1 Å². The summed E-state index contributed by atoms with van der Waals surface area (Å²) in [5, 5.41) is 12.0. The number of hydrogen-bond acceptors (Lipinski definition) is 6. The number of ether oxygens (including phenoxy) is 1. The van der Waals surface area contributed by atoms with Gasteiger partial charge in [-0.25, -0.2) is 0 Å². The molecule has 0 bridgehead atoms. The Balaban J connectivity index is 1.49. The number of furan rings is 1. The van der Waals surface area contributed by atoms with Crippen molar-refractivity contribution in [1.29, 1.82) is 0 Å². The molecule has 2 aromatic heterocycles. The second-order valence-electron chi connectivity index (χ2n) is 7.20. The maximum atomic E-state index is 12.2. The zero-order chi connectivity index (χ0) is 22.2. The Labute approximate surface area is 183 Å². The van der Waals surface area contributed by atoms with Gasteiger partial charge in [-0.1, -0.05) is 37.7 Å². The second-order valence-corrected chi connectivity index (χ2v) is 8.14. The van der Waals surface area contributed by atoms with Crippen molar-refractivity contribution in [3.05, 3.63) is 48.2 Å². The molecule has 3 aromatic rings. The summed E-state index contributed by atoms with van der Waals surface area (Å²) >= 11 is 1.32. The van der Waals surface area contributed by atoms with Crippen LogP contribution in [-0.4, -0.2) is 39.6 Å². The zero-order valence-electron chi connectivity index (χ0n) is 17.3. The molecule has 0 saturated carbocycles. The molecule has 3 rings (SSSR count). The van der Waals surface area contributed by atoms with Crippen molar-refractivity contribution >= 4 is 17.7 Å². The van der Waals surface area contributed by atoms with Crippen LogP contribution >= 0.6 is 11.8 Å². The number of amides is 1. The maximum absolute atomic E-state index is 12.2. The van der Waals surface area contributed by atoms with E-state index in [9.17, 15) is 13.6 Å². The van der Waals surface area contributed by atoms with E-state index in [4.69, 9.17) is 4.42 Å². The van der Waals surface area contributed by atoms with Gasteiger partial charge in [-0.2, -0.15) is 8.78 Å². The molecule has 0 atom stereocenters. The summed E-state index contributed by atoms with van der Waals surface area (Å²) in [6.45, 7) is 2.49. The first kappa shape index (κ1) is 22.8. The van der Waals surface area contributed by atoms with Crippen LogP contribution in [0.15, 0.2) is 52.2 Å². The van der Waals surface area contributed by atoms with Gasteiger partial charge in [0.2, 0.25) is 5.91 Å². The van der Waals surface area contributed by atoms with E-state index in [-0.39, 0.29) is 17.4 Å². The fraction of sp³-hybridized carbons (Fsp3) is 0.381. The topological polar surface area (TPSA) is 82.2 Å². The molecule has 0 aliphatic heterocycles. The van der Waals surface area contributed by atoms with Crippen LogP contribution in [0.2, 0.25) is 0 Å². The Kier molecular flexibility index (Phi) is 8.05. The second kappa shape index (κ2) is 10.9. The lowest BCUT2D eigenvalue weighted by Crippen LogP contribution is -2.27. The number of carbonyl (C=O) groups excluding carboxylic acids is 1. The summed E-state index contributed by atoms with van der Waals surface area (Å²) in [5.41, 5.74) is 0.911. The molecule has 166 valence electrons. The number of hydrogen-bond donors (Lipinski definition) is 1. The van der Waals surface area contributed by atoms with Crippen LogP contribution in [0.4, 0.5) is 8.78 Å². The minimum Gasteiger partial charge on any atom is -0.461 e. The predicted octanol–water partition coefficient (Wildman–Crippen LogP) is 4.25. The van der Waals surface area contributed by atoms with Gasteiger partial charge in [-0.15, -0.1) is 10.2 Å². The fourth-order valence-corrected chi connectivity index (χ4v) is 3.66. The fourth-order valence-electron chi connectivity index (χ4n) is 2.88. The van der Waals surface area contributed by atoms with Gasteiger partial charge in [0, 0.05) is 13.1 Å². The average molecular weight is 451 g/mol. The van der Waals surface area contributed by atoms with Crippen LogP contribution in [0.5, 0.6) is 5.75 Å². The largest absolute Gasteiger partial charge is 0.461 e. The summed E-state index contributed by atoms with van der Waals surface area (Å²) in [6, 6.07) is 9.98. The first-order valence-electron chi connectivity index (χ1n) is 9.82. The molecular weight excluding hydrogens is 426 g/mol. The summed E-state index contributed by atoms with van der Waals surface area (Å²) in [6.07, 6.45) is 2.17. The Morgan fingerprint density at radius 3 is 2.65 bits per heavy atom. The molecule has 1 amide bonds. The van der Waals surface area contributed by atoms with Gasteiger partial charge in [0.15, 0.2) is 16.7 Å². The highest BCUT2D eigenvalue weighted by Gasteiger charge is 2.18. The first-order chi connectivity index (χ1) is 14.9. The molecule has 0 fully saturated rings. The van der Waals surface area contributed by atoms with E-state index in [1.54, 1.807) is 24.5 Å². The molecule has 0 saturated heterocycles. The lowest BCUT2D eigenvalue weighted by molar-refractivity contribution is -0.118. The van der Waals surface area contributed by atoms with E-state index >= 15 is 0 Å². The summed E-state index contributed by atoms with van der Waals surface area (Å²) in [4.78, 5) is 12.2. The van der Waals surface area contributed by atoms with Crippen LogP contribution in [0.25, 0.3) is 11.6 Å². The van der Waals surface area contributed by atoms with E-state index in [0.717, 1.165) is 5.56 Å². The number of rotatable bonds is 11. The van der Waals surface area contributed by atoms with Gasteiger partial charge >= 0.3 is 6.61 Å². The van der Waals surface area contributed by atoms with Gasteiger partial charge in [-0.3, -0.25) is 9.36 Å². The van der Waals surface area contributed by atoms with E-state index in [2.05, 4.69) is 34.1 Å². The molecule has 1 aromatic carbocycles. The van der Waals surface area contributed by atoms with Crippen LogP contribution in [0.1, 0.15) is 19.4 Å². The van der Waals surface area contributed by atoms with Crippen molar-refractivity contribution in [2.24, 2.45) is 5.92 Å². The van der Waals surface area contributed by atoms with Crippen LogP contribution in [-0.2, 0) is 17.8 Å². The predicted molar refractivity (Wildman–Crippen MR) is 113 cm³/mol. The highest BCUT2D eigenvalue weighted by molar-refractivity contribution is 7.99. The summed E-state index contributed by atoms with van der Waals surface area (Å²) < 4.78 is 36.1. The van der Waals surface area contributed by atoms with Crippen molar-refractivity contribution < 1.29 is 22.7 Å². The molecule has 0 spiro atoms. The highest BCUT2D eigenvalue weighted by Crippen LogP contribution is 2.25. The van der Waals surface area contributed by atoms with Crippen molar-refractivity contribution in [3.63, 3.8) is 0 Å². The number of nitrogens with one attached hydrogen (secondary N) is 1. The molecule has 2 heterocycles. The van der Waals surface area contributed by atoms with Crippen LogP contribution in [0, 0.1) is 5.92 Å². The lowest BCUT2D eigenvalue weighted by atomic mass is 10.1. The molecule has 7 nitrogen and oxygen atoms in total. The third kappa shape index (κ3) is 6.81. The molecule has 0 unspecified atom stereocenters. The Bertz CT molecular complexity index is 960. The first-order valence-corrected chi connectivity index (χ1v) is 10.8. The minimum atomic E-state index is -2.84. The van der Waals surface area contributed by atoms with Gasteiger partial charge in [-0.05, 0) is 42.2 Å². The zero-order valence-corrected chi connectivity index (χ0v) is 18.1. The summed E-state index contributed by atoms with van der Waals surface area (Å²) in [7, 11) is 0. The van der Waals surface area contributed by atoms with Crippen LogP contribution in [0.3, 0.4) is 0 Å². The third-order valence-corrected chi connectivity index (χ3v) is 5.19. The highest BCUT2D eigenvalue weighted by atomic mass is 32.2. The number of alkyl halides is 2. The number of thioether (sulfide) groups is 1. The van der Waals surface area contributed by atoms with Crippen molar-refractivity contribution in [2.45, 2.75) is 38.6 Å². The van der Waals surface area contributed by atoms with Crippen molar-refractivity contribution in [2.75, 3.05) is 12.3 Å². The molecule has 0 radical (unpaired) electrons. The normalized spacial score (nSPS) is 11.3. The molecule has 0 aliphatic rings. The number of aromatic nitrogens is 3. The van der Waals surface area contributed by atoms with Gasteiger partial charge in [0.1, 0.15) is 5.75 Å². The standard InChI is InChI=1S/C21H24F2N4O3S/c1-14(2)12-27-19(17-4-3-11-29-17)25-26-21(27)31-13-18(28)24-10-9-15-5-7-16(8-6-15)30-20(22)23/h3-8,11,14,20H,9-10,12-13H2,1-2H3,(H,24,28). The van der Waals surface area contributed by atoms with Crippen molar-refractivity contribution in [1.82, 2.24) is 20.1 Å². The monoisotopic (exact) mass is 450 g/mol. The average Bonchev–Trinajstić information content (AvgIpc) is 3.37. The summed E-state index contributed by atoms with van der Waals surface area (Å²) in [5.74, 6) is 1.83. The maximum Gasteiger partial charge on any atom is 0.387 e. The molecule has 31 heavy (non-hydrogen) atoms. The van der Waals surface area contributed by atoms with Gasteiger partial charge in [0.25, 0.3) is 0 Å². The minimum absolute atomic E-state index is 0.110. The van der Waals surface area contributed by atoms with E-state index in [1.807, 2.05) is 10.6 Å². The van der Waals surface area contributed by atoms with Gasteiger partial charge in [0.05, 0.1) is 12.0 Å². The molecule has 1 N–H and O–H groups in total. The number of carbonyl (C=O) groups is 1. The Hall–Kier alpha value is -2.88. The van der Waals surface area contributed by atoms with Crippen molar-refractivity contribution in [3.8, 4) is 17.3 Å². The molecule has 10 heteroatoms. The quantitative estimate of drug-likeness (QED) is 0.440. The lowest BCUT2D eigenvalue weighted by Gasteiger charge is -2.11. The third-order valence-electron chi connectivity index (χ3n) is 4.22. The van der Waals surface area contributed by atoms with Gasteiger partial charge < -0.3 is 14.5 Å². The molecule has 0 aliphatic carbocycles. The number of nitrogens with zero attached hydrogens (tertiary/aromatic N) is 3. The Morgan fingerprint density at radius 2 is 2.00 bits per heavy atom. The number of benzene rings is 1. The number of halogens is 2. The Morgan fingerprint density at radius 1 is 1.23 bits per heavy atom. The smallest absolute Gasteiger partial charge is 0.387 e. The van der Waals surface area contributed by atoms with E-state index in [1.165, 1.54) is 23.9 Å². The molecular formula is C21H24F2N4O3S. The van der Waals surface area contributed by atoms with E-state index < -0.39 is 6.61 Å². The SMILES string of the molecule is CC(C)Cn1c(SCC(=O)NCCc2ccc(OC(F)F)cc2)nnc1-c1ccco1.